The van der Waals surface area contributed by atoms with Crippen LogP contribution in [-0.2, 0) is 6.42 Å². The highest BCUT2D eigenvalue weighted by atomic mass is 15.0. The summed E-state index contributed by atoms with van der Waals surface area (Å²) in [6.45, 7) is 2.65. The fourth-order valence-electron chi connectivity index (χ4n) is 1.84. The Morgan fingerprint density at radius 3 is 2.93 bits per heavy atom. The van der Waals surface area contributed by atoms with Crippen LogP contribution in [0.1, 0.15) is 12.0 Å². The highest BCUT2D eigenvalue weighted by Gasteiger charge is 2.10. The minimum atomic E-state index is 0.483. The van der Waals surface area contributed by atoms with Gasteiger partial charge in [-0.1, -0.05) is 30.3 Å². The van der Waals surface area contributed by atoms with Gasteiger partial charge in [0.25, 0.3) is 0 Å². The van der Waals surface area contributed by atoms with Gasteiger partial charge in [0.2, 0.25) is 0 Å². The van der Waals surface area contributed by atoms with Crippen molar-refractivity contribution in [3.05, 3.63) is 35.9 Å². The molecule has 2 N–H and O–H groups in total. The Hall–Kier alpha value is -0.860. The molecule has 0 spiro atoms. The molecule has 1 heterocycles. The number of rotatable bonds is 3. The summed E-state index contributed by atoms with van der Waals surface area (Å²) in [7, 11) is 0. The molecule has 1 atom stereocenters. The van der Waals surface area contributed by atoms with Crippen molar-refractivity contribution in [1.29, 1.82) is 0 Å². The molecule has 1 fully saturated rings. The molecule has 0 saturated carbocycles. The maximum Gasteiger partial charge on any atom is 0.122 e. The van der Waals surface area contributed by atoms with E-state index in [9.17, 15) is 0 Å². The van der Waals surface area contributed by atoms with Crippen LogP contribution in [0.3, 0.4) is 0 Å². The van der Waals surface area contributed by atoms with Crippen LogP contribution in [0.2, 0.25) is 1.41 Å². The number of hydrogen-bond donors (Lipinski definition) is 2. The molecule has 1 unspecified atom stereocenters. The van der Waals surface area contributed by atoms with Crippen molar-refractivity contribution < 1.29 is 1.41 Å². The lowest BCUT2D eigenvalue weighted by Crippen LogP contribution is -2.48. The minimum absolute atomic E-state index is 0.483. The number of hydrogen-bond acceptors (Lipinski definition) is 2. The quantitative estimate of drug-likeness (QED) is 0.751. The van der Waals surface area contributed by atoms with Crippen molar-refractivity contribution in [3.63, 3.8) is 0 Å². The fraction of sp³-hybridized carbons (Fsp3) is 0.500. The van der Waals surface area contributed by atoms with Gasteiger partial charge in [-0.2, -0.15) is 0 Å². The van der Waals surface area contributed by atoms with Crippen molar-refractivity contribution >= 4 is 0 Å². The van der Waals surface area contributed by atoms with Crippen LogP contribution in [0.15, 0.2) is 30.3 Å². The third-order valence-electron chi connectivity index (χ3n) is 2.68. The Morgan fingerprint density at radius 1 is 1.29 bits per heavy atom. The molecule has 0 radical (unpaired) electrons. The summed E-state index contributed by atoms with van der Waals surface area (Å²) in [6, 6.07) is 11.0. The highest BCUT2D eigenvalue weighted by molar-refractivity contribution is 5.14. The van der Waals surface area contributed by atoms with E-state index in [1.165, 1.54) is 5.56 Å². The first-order valence-corrected chi connectivity index (χ1v) is 5.36. The van der Waals surface area contributed by atoms with Gasteiger partial charge in [-0.25, -0.2) is 0 Å². The molecule has 1 aliphatic rings. The van der Waals surface area contributed by atoms with Crippen molar-refractivity contribution in [1.82, 2.24) is 10.6 Å². The molecule has 0 aromatic heterocycles. The van der Waals surface area contributed by atoms with Crippen molar-refractivity contribution in [2.75, 3.05) is 19.6 Å². The summed E-state index contributed by atoms with van der Waals surface area (Å²) < 4.78 is 7.58. The summed E-state index contributed by atoms with van der Waals surface area (Å²) in [4.78, 5) is 0. The molecule has 14 heavy (non-hydrogen) atoms. The lowest BCUT2D eigenvalue weighted by molar-refractivity contribution is 0.400. The second-order valence-corrected chi connectivity index (χ2v) is 3.81. The van der Waals surface area contributed by atoms with E-state index in [2.05, 4.69) is 29.6 Å². The Bertz CT molecular complexity index is 289. The van der Waals surface area contributed by atoms with E-state index in [0.717, 1.165) is 32.5 Å². The highest BCUT2D eigenvalue weighted by Crippen LogP contribution is 2.05. The maximum atomic E-state index is 7.58. The van der Waals surface area contributed by atoms with Crippen LogP contribution in [0.4, 0.5) is 0 Å². The standard InChI is InChI=1S/C12H18N2/c1-2-4-11(5-3-1)6-7-12-10-13-8-9-14-12/h1-5,12-14H,6-10H2/i/hT. The lowest BCUT2D eigenvalue weighted by Gasteiger charge is -2.24. The largest absolute Gasteiger partial charge is 0.314 e. The van der Waals surface area contributed by atoms with Crippen LogP contribution in [0, 0.1) is 0 Å². The zero-order valence-electron chi connectivity index (χ0n) is 9.45. The number of benzene rings is 1. The van der Waals surface area contributed by atoms with E-state index in [1.807, 2.05) is 6.07 Å². The topological polar surface area (TPSA) is 24.1 Å². The van der Waals surface area contributed by atoms with Crippen molar-refractivity contribution in [2.45, 2.75) is 18.9 Å². The summed E-state index contributed by atoms with van der Waals surface area (Å²) >= 11 is 0. The Labute approximate surface area is 87.2 Å². The summed E-state index contributed by atoms with van der Waals surface area (Å²) in [5.74, 6) is 0. The number of aryl methyl sites for hydroxylation is 1. The second kappa shape index (κ2) is 5.13. The second-order valence-electron chi connectivity index (χ2n) is 3.81. The van der Waals surface area contributed by atoms with Gasteiger partial charge in [0.05, 0.1) is 0 Å². The van der Waals surface area contributed by atoms with E-state index < -0.39 is 0 Å². The molecule has 1 aromatic rings. The average Bonchev–Trinajstić information content (AvgIpc) is 2.28. The average molecular weight is 192 g/mol. The van der Waals surface area contributed by atoms with Gasteiger partial charge in [-0.15, -0.1) is 0 Å². The van der Waals surface area contributed by atoms with Gasteiger partial charge in [0.15, 0.2) is 0 Å². The van der Waals surface area contributed by atoms with E-state index in [1.54, 1.807) is 5.31 Å². The van der Waals surface area contributed by atoms with E-state index in [-0.39, 0.29) is 0 Å². The molecule has 1 aromatic carbocycles. The first-order valence-electron chi connectivity index (χ1n) is 5.80. The van der Waals surface area contributed by atoms with Crippen LogP contribution in [0.25, 0.3) is 0 Å². The van der Waals surface area contributed by atoms with Gasteiger partial charge in [-0.05, 0) is 18.4 Å². The molecule has 2 rings (SSSR count). The molecular formula is C12H18N2. The molecule has 1 saturated heterocycles. The summed E-state index contributed by atoms with van der Waals surface area (Å²) in [5, 5.41) is 5.12. The molecule has 0 amide bonds. The van der Waals surface area contributed by atoms with Crippen LogP contribution < -0.4 is 10.6 Å². The predicted molar refractivity (Wildman–Crippen MR) is 59.4 cm³/mol. The van der Waals surface area contributed by atoms with Crippen LogP contribution >= 0.6 is 0 Å². The van der Waals surface area contributed by atoms with Crippen LogP contribution in [0.5, 0.6) is 0 Å². The third kappa shape index (κ3) is 2.82. The Morgan fingerprint density at radius 2 is 2.14 bits per heavy atom. The molecule has 0 aliphatic carbocycles. The molecule has 2 nitrogen and oxygen atoms in total. The van der Waals surface area contributed by atoms with E-state index in [0.29, 0.717) is 6.04 Å². The SMILES string of the molecule is [3H]N1CCNC(CCc2ccccc2)C1. The number of piperazine rings is 1. The molecule has 0 bridgehead atoms. The summed E-state index contributed by atoms with van der Waals surface area (Å²) in [6.07, 6.45) is 2.23. The molecule has 76 valence electrons. The third-order valence-corrected chi connectivity index (χ3v) is 2.68. The van der Waals surface area contributed by atoms with E-state index in [4.69, 9.17) is 1.41 Å². The minimum Gasteiger partial charge on any atom is -0.314 e. The zero-order chi connectivity index (χ0) is 10.5. The first kappa shape index (κ1) is 8.45. The van der Waals surface area contributed by atoms with Gasteiger partial charge in [0.1, 0.15) is 1.41 Å². The zero-order valence-corrected chi connectivity index (χ0v) is 8.45. The fourth-order valence-corrected chi connectivity index (χ4v) is 1.84. The van der Waals surface area contributed by atoms with Crippen LogP contribution in [-0.4, -0.2) is 25.7 Å². The first-order chi connectivity index (χ1) is 7.34. The Balaban J connectivity index is 1.78. The van der Waals surface area contributed by atoms with Gasteiger partial charge < -0.3 is 10.6 Å². The normalized spacial score (nSPS) is 24.6. The maximum absolute atomic E-state index is 7.58. The molecular weight excluding hydrogens is 172 g/mol. The number of nitrogens with one attached hydrogen (secondary N) is 2. The molecule has 1 aliphatic heterocycles. The van der Waals surface area contributed by atoms with Gasteiger partial charge in [0, 0.05) is 25.7 Å². The van der Waals surface area contributed by atoms with Crippen molar-refractivity contribution in [3.8, 4) is 0 Å². The predicted octanol–water partition coefficient (Wildman–Crippen LogP) is 1.18. The monoisotopic (exact) mass is 192 g/mol. The van der Waals surface area contributed by atoms with Gasteiger partial charge >= 0.3 is 0 Å². The molecule has 2 heteroatoms. The Kier molecular flexibility index (Phi) is 3.09. The summed E-state index contributed by atoms with van der Waals surface area (Å²) in [5.41, 5.74) is 1.39. The van der Waals surface area contributed by atoms with Crippen molar-refractivity contribution in [2.24, 2.45) is 0 Å². The van der Waals surface area contributed by atoms with Gasteiger partial charge in [-0.3, -0.25) is 0 Å². The lowest BCUT2D eigenvalue weighted by atomic mass is 10.0. The smallest absolute Gasteiger partial charge is 0.122 e. The van der Waals surface area contributed by atoms with E-state index >= 15 is 0 Å².